The number of hydrogen-bond acceptors (Lipinski definition) is 3. The molecule has 3 rings (SSSR count). The van der Waals surface area contributed by atoms with E-state index in [1.54, 1.807) is 67.6 Å². The lowest BCUT2D eigenvalue weighted by Crippen LogP contribution is -2.19. The van der Waals surface area contributed by atoms with Gasteiger partial charge in [0.1, 0.15) is 0 Å². The fourth-order valence-corrected chi connectivity index (χ4v) is 2.81. The summed E-state index contributed by atoms with van der Waals surface area (Å²) < 4.78 is 0. The Bertz CT molecular complexity index is 1060. The molecule has 0 aliphatic heterocycles. The van der Waals surface area contributed by atoms with E-state index in [0.29, 0.717) is 32.6 Å². The highest BCUT2D eigenvalue weighted by molar-refractivity contribution is 6.31. The Morgan fingerprint density at radius 2 is 1.41 bits per heavy atom. The second kappa shape index (κ2) is 9.37. The van der Waals surface area contributed by atoms with Crippen LogP contribution in [0.5, 0.6) is 0 Å². The number of benzene rings is 3. The minimum Gasteiger partial charge on any atom is -0.322 e. The van der Waals surface area contributed by atoms with E-state index in [-0.39, 0.29) is 11.8 Å². The highest BCUT2D eigenvalue weighted by Gasteiger charge is 2.08. The zero-order valence-electron chi connectivity index (χ0n) is 15.4. The molecule has 0 radical (unpaired) electrons. The van der Waals surface area contributed by atoms with Gasteiger partial charge in [-0.2, -0.15) is 5.10 Å². The summed E-state index contributed by atoms with van der Waals surface area (Å²) in [4.78, 5) is 24.4. The van der Waals surface area contributed by atoms with E-state index < -0.39 is 0 Å². The van der Waals surface area contributed by atoms with Crippen molar-refractivity contribution in [3.8, 4) is 0 Å². The van der Waals surface area contributed by atoms with E-state index in [4.69, 9.17) is 23.2 Å². The van der Waals surface area contributed by atoms with E-state index in [1.165, 1.54) is 0 Å². The molecule has 2 amide bonds. The first kappa shape index (κ1) is 20.6. The molecule has 0 saturated carbocycles. The fourth-order valence-electron chi connectivity index (χ4n) is 2.49. The molecular weight excluding hydrogens is 409 g/mol. The van der Waals surface area contributed by atoms with Crippen molar-refractivity contribution in [2.24, 2.45) is 5.10 Å². The molecule has 0 unspecified atom stereocenters. The van der Waals surface area contributed by atoms with E-state index in [2.05, 4.69) is 15.8 Å². The normalized spacial score (nSPS) is 11.1. The monoisotopic (exact) mass is 425 g/mol. The number of rotatable bonds is 5. The van der Waals surface area contributed by atoms with Gasteiger partial charge in [-0.05, 0) is 67.1 Å². The average Bonchev–Trinajstić information content (AvgIpc) is 2.72. The molecule has 0 heterocycles. The van der Waals surface area contributed by atoms with Gasteiger partial charge >= 0.3 is 0 Å². The number of amides is 2. The number of hydrogen-bond donors (Lipinski definition) is 2. The van der Waals surface area contributed by atoms with Gasteiger partial charge in [-0.1, -0.05) is 41.4 Å². The van der Waals surface area contributed by atoms with Crippen molar-refractivity contribution >= 4 is 46.4 Å². The largest absolute Gasteiger partial charge is 0.322 e. The Morgan fingerprint density at radius 3 is 2.07 bits per heavy atom. The molecule has 0 atom stereocenters. The highest BCUT2D eigenvalue weighted by atomic mass is 35.5. The zero-order valence-corrected chi connectivity index (χ0v) is 17.0. The van der Waals surface area contributed by atoms with Gasteiger partial charge in [-0.25, -0.2) is 5.43 Å². The Balaban J connectivity index is 1.62. The van der Waals surface area contributed by atoms with Crippen molar-refractivity contribution in [3.63, 3.8) is 0 Å². The number of nitrogens with one attached hydrogen (secondary N) is 2. The van der Waals surface area contributed by atoms with Gasteiger partial charge in [0.15, 0.2) is 0 Å². The highest BCUT2D eigenvalue weighted by Crippen LogP contribution is 2.14. The summed E-state index contributed by atoms with van der Waals surface area (Å²) in [5.41, 5.74) is 5.52. The Morgan fingerprint density at radius 1 is 0.759 bits per heavy atom. The van der Waals surface area contributed by atoms with Crippen molar-refractivity contribution in [1.82, 2.24) is 5.43 Å². The summed E-state index contributed by atoms with van der Waals surface area (Å²) in [6, 6.07) is 20.4. The van der Waals surface area contributed by atoms with Crippen molar-refractivity contribution in [1.29, 1.82) is 0 Å². The Labute approximate surface area is 178 Å². The second-order valence-corrected chi connectivity index (χ2v) is 7.06. The predicted molar refractivity (Wildman–Crippen MR) is 117 cm³/mol. The van der Waals surface area contributed by atoms with Crippen LogP contribution in [0.4, 0.5) is 5.69 Å². The van der Waals surface area contributed by atoms with Crippen molar-refractivity contribution in [2.75, 3.05) is 5.32 Å². The second-order valence-electron chi connectivity index (χ2n) is 6.19. The molecule has 0 aromatic heterocycles. The maximum Gasteiger partial charge on any atom is 0.271 e. The van der Waals surface area contributed by atoms with Crippen molar-refractivity contribution in [3.05, 3.63) is 99.5 Å². The van der Waals surface area contributed by atoms with Crippen molar-refractivity contribution < 1.29 is 9.59 Å². The lowest BCUT2D eigenvalue weighted by molar-refractivity contribution is 0.0954. The molecule has 0 aliphatic rings. The third-order valence-corrected chi connectivity index (χ3v) is 4.57. The van der Waals surface area contributed by atoms with E-state index >= 15 is 0 Å². The molecule has 0 saturated heterocycles. The molecule has 146 valence electrons. The van der Waals surface area contributed by atoms with Crippen LogP contribution in [0.15, 0.2) is 77.9 Å². The SMILES string of the molecule is CC(=NNC(=O)c1cccc(Cl)c1)c1ccc(NC(=O)c2ccc(Cl)cc2)cc1. The molecular formula is C22H17Cl2N3O2. The maximum absolute atomic E-state index is 12.2. The minimum atomic E-state index is -0.348. The van der Waals surface area contributed by atoms with Gasteiger partial charge in [0.2, 0.25) is 0 Å². The Kier molecular flexibility index (Phi) is 6.65. The van der Waals surface area contributed by atoms with Gasteiger partial charge in [0.05, 0.1) is 5.71 Å². The molecule has 3 aromatic rings. The summed E-state index contributed by atoms with van der Waals surface area (Å²) in [5.74, 6) is -0.577. The standard InChI is InChI=1S/C22H17Cl2N3O2/c1-14(26-27-22(29)17-3-2-4-19(24)13-17)15-7-11-20(12-8-15)25-21(28)16-5-9-18(23)10-6-16/h2-13H,1H3,(H,25,28)(H,27,29). The molecule has 0 aliphatic carbocycles. The molecule has 0 spiro atoms. The topological polar surface area (TPSA) is 70.6 Å². The molecule has 2 N–H and O–H groups in total. The van der Waals surface area contributed by atoms with Gasteiger partial charge < -0.3 is 5.32 Å². The van der Waals surface area contributed by atoms with Crippen LogP contribution in [-0.2, 0) is 0 Å². The lowest BCUT2D eigenvalue weighted by atomic mass is 10.1. The molecule has 0 bridgehead atoms. The summed E-state index contributed by atoms with van der Waals surface area (Å²) in [5, 5.41) is 7.99. The van der Waals surface area contributed by atoms with E-state index in [9.17, 15) is 9.59 Å². The van der Waals surface area contributed by atoms with Crippen LogP contribution in [0.1, 0.15) is 33.2 Å². The zero-order chi connectivity index (χ0) is 20.8. The van der Waals surface area contributed by atoms with Crippen molar-refractivity contribution in [2.45, 2.75) is 6.92 Å². The van der Waals surface area contributed by atoms with E-state index in [0.717, 1.165) is 5.56 Å². The minimum absolute atomic E-state index is 0.228. The van der Waals surface area contributed by atoms with Crippen LogP contribution in [0.25, 0.3) is 0 Å². The van der Waals surface area contributed by atoms with Crippen LogP contribution in [-0.4, -0.2) is 17.5 Å². The smallest absolute Gasteiger partial charge is 0.271 e. The third-order valence-electron chi connectivity index (χ3n) is 4.08. The molecule has 7 heteroatoms. The van der Waals surface area contributed by atoms with Crippen LogP contribution >= 0.6 is 23.2 Å². The molecule has 5 nitrogen and oxygen atoms in total. The number of carbonyl (C=O) groups excluding carboxylic acids is 2. The lowest BCUT2D eigenvalue weighted by Gasteiger charge is -2.07. The fraction of sp³-hybridized carbons (Fsp3) is 0.0455. The van der Waals surface area contributed by atoms with Gasteiger partial charge in [0, 0.05) is 26.9 Å². The quantitative estimate of drug-likeness (QED) is 0.424. The summed E-state index contributed by atoms with van der Waals surface area (Å²) in [6.45, 7) is 1.78. The van der Waals surface area contributed by atoms with Crippen LogP contribution < -0.4 is 10.7 Å². The number of hydrazone groups is 1. The first-order valence-corrected chi connectivity index (χ1v) is 9.45. The summed E-state index contributed by atoms with van der Waals surface area (Å²) in [7, 11) is 0. The average molecular weight is 426 g/mol. The van der Waals surface area contributed by atoms with Gasteiger partial charge in [0.25, 0.3) is 11.8 Å². The molecule has 3 aromatic carbocycles. The number of carbonyl (C=O) groups is 2. The van der Waals surface area contributed by atoms with Crippen LogP contribution in [0.2, 0.25) is 10.0 Å². The Hall–Kier alpha value is -3.15. The number of nitrogens with zero attached hydrogens (tertiary/aromatic N) is 1. The number of halogens is 2. The van der Waals surface area contributed by atoms with E-state index in [1.807, 2.05) is 12.1 Å². The third kappa shape index (κ3) is 5.67. The predicted octanol–water partition coefficient (Wildman–Crippen LogP) is 5.40. The first-order chi connectivity index (χ1) is 13.9. The molecule has 0 fully saturated rings. The van der Waals surface area contributed by atoms with Crippen LogP contribution in [0, 0.1) is 0 Å². The maximum atomic E-state index is 12.2. The van der Waals surface area contributed by atoms with Gasteiger partial charge in [-0.15, -0.1) is 0 Å². The molecule has 29 heavy (non-hydrogen) atoms. The van der Waals surface area contributed by atoms with Gasteiger partial charge in [-0.3, -0.25) is 9.59 Å². The van der Waals surface area contributed by atoms with Crippen LogP contribution in [0.3, 0.4) is 0 Å². The number of anilines is 1. The summed E-state index contributed by atoms with van der Waals surface area (Å²) in [6.07, 6.45) is 0. The first-order valence-electron chi connectivity index (χ1n) is 8.70. The summed E-state index contributed by atoms with van der Waals surface area (Å²) >= 11 is 11.7.